The van der Waals surface area contributed by atoms with Gasteiger partial charge in [0, 0.05) is 24.2 Å². The molecule has 2 unspecified atom stereocenters. The molecular formula is C14H22N2O2. The minimum absolute atomic E-state index is 0.280. The number of piperidine rings is 1. The van der Waals surface area contributed by atoms with Crippen molar-refractivity contribution in [2.75, 3.05) is 19.7 Å². The fourth-order valence-electron chi connectivity index (χ4n) is 2.32. The molecule has 2 atom stereocenters. The zero-order valence-corrected chi connectivity index (χ0v) is 10.9. The van der Waals surface area contributed by atoms with Crippen LogP contribution < -0.4 is 10.1 Å². The summed E-state index contributed by atoms with van der Waals surface area (Å²) < 4.78 is 5.54. The second-order valence-electron chi connectivity index (χ2n) is 4.85. The van der Waals surface area contributed by atoms with E-state index >= 15 is 0 Å². The number of aromatic nitrogens is 1. The lowest BCUT2D eigenvalue weighted by molar-refractivity contribution is 0.0915. The van der Waals surface area contributed by atoms with Crippen molar-refractivity contribution in [2.24, 2.45) is 5.92 Å². The van der Waals surface area contributed by atoms with Crippen LogP contribution in [-0.2, 0) is 0 Å². The Morgan fingerprint density at radius 3 is 3.17 bits per heavy atom. The molecule has 18 heavy (non-hydrogen) atoms. The third kappa shape index (κ3) is 3.43. The van der Waals surface area contributed by atoms with Gasteiger partial charge in [-0.2, -0.15) is 0 Å². The number of hydrogen-bond donors (Lipinski definition) is 2. The summed E-state index contributed by atoms with van der Waals surface area (Å²) in [7, 11) is 0. The molecule has 0 spiro atoms. The fourth-order valence-corrected chi connectivity index (χ4v) is 2.32. The van der Waals surface area contributed by atoms with E-state index in [9.17, 15) is 5.11 Å². The number of pyridine rings is 1. The van der Waals surface area contributed by atoms with E-state index in [1.165, 1.54) is 0 Å². The molecule has 2 rings (SSSR count). The molecule has 4 nitrogen and oxygen atoms in total. The predicted octanol–water partition coefficient (Wildman–Crippen LogP) is 1.90. The zero-order valence-electron chi connectivity index (χ0n) is 10.9. The third-order valence-corrected chi connectivity index (χ3v) is 3.33. The number of nitrogens with zero attached hydrogens (tertiary/aromatic N) is 1. The highest BCUT2D eigenvalue weighted by atomic mass is 16.5. The maximum Gasteiger partial charge on any atom is 0.137 e. The highest BCUT2D eigenvalue weighted by Gasteiger charge is 2.23. The summed E-state index contributed by atoms with van der Waals surface area (Å²) >= 11 is 0. The summed E-state index contributed by atoms with van der Waals surface area (Å²) in [5.41, 5.74) is 0.859. The summed E-state index contributed by atoms with van der Waals surface area (Å²) in [5.74, 6) is 1.03. The van der Waals surface area contributed by atoms with Crippen LogP contribution in [-0.4, -0.2) is 29.8 Å². The van der Waals surface area contributed by atoms with Crippen molar-refractivity contribution in [1.29, 1.82) is 0 Å². The normalized spacial score (nSPS) is 21.6. The quantitative estimate of drug-likeness (QED) is 0.838. The van der Waals surface area contributed by atoms with Gasteiger partial charge in [0.15, 0.2) is 0 Å². The van der Waals surface area contributed by atoms with Gasteiger partial charge in [-0.1, -0.05) is 6.92 Å². The first-order valence-electron chi connectivity index (χ1n) is 6.77. The Balaban J connectivity index is 2.02. The first-order chi connectivity index (χ1) is 8.81. The molecule has 1 aromatic heterocycles. The fraction of sp³-hybridized carbons (Fsp3) is 0.643. The first-order valence-corrected chi connectivity index (χ1v) is 6.77. The van der Waals surface area contributed by atoms with Crippen molar-refractivity contribution in [1.82, 2.24) is 10.3 Å². The van der Waals surface area contributed by atoms with E-state index < -0.39 is 6.10 Å². The van der Waals surface area contributed by atoms with E-state index in [2.05, 4.69) is 17.2 Å². The molecular weight excluding hydrogens is 228 g/mol. The second-order valence-corrected chi connectivity index (χ2v) is 4.85. The van der Waals surface area contributed by atoms with Gasteiger partial charge in [0.2, 0.25) is 0 Å². The van der Waals surface area contributed by atoms with Crippen LogP contribution in [0.4, 0.5) is 0 Å². The van der Waals surface area contributed by atoms with E-state index in [1.807, 2.05) is 6.07 Å². The van der Waals surface area contributed by atoms with Crippen LogP contribution in [0.25, 0.3) is 0 Å². The van der Waals surface area contributed by atoms with Crippen LogP contribution in [0.15, 0.2) is 18.5 Å². The molecule has 2 N–H and O–H groups in total. The van der Waals surface area contributed by atoms with Crippen molar-refractivity contribution < 1.29 is 9.84 Å². The Morgan fingerprint density at radius 1 is 1.56 bits per heavy atom. The van der Waals surface area contributed by atoms with Crippen LogP contribution in [0.2, 0.25) is 0 Å². The lowest BCUT2D eigenvalue weighted by Crippen LogP contribution is -2.33. The van der Waals surface area contributed by atoms with E-state index in [1.54, 1.807) is 12.4 Å². The van der Waals surface area contributed by atoms with Crippen LogP contribution in [0.3, 0.4) is 0 Å². The Morgan fingerprint density at radius 2 is 2.44 bits per heavy atom. The molecule has 0 amide bonds. The van der Waals surface area contributed by atoms with Gasteiger partial charge >= 0.3 is 0 Å². The maximum absolute atomic E-state index is 10.4. The Bertz CT molecular complexity index is 365. The van der Waals surface area contributed by atoms with Crippen LogP contribution >= 0.6 is 0 Å². The van der Waals surface area contributed by atoms with Gasteiger partial charge in [-0.15, -0.1) is 0 Å². The average molecular weight is 250 g/mol. The number of rotatable bonds is 5. The molecule has 2 heterocycles. The SMILES string of the molecule is CCCOc1cncc(C(O)C2CCCNC2)c1. The van der Waals surface area contributed by atoms with Crippen molar-refractivity contribution in [3.8, 4) is 5.75 Å². The van der Waals surface area contributed by atoms with Crippen molar-refractivity contribution in [3.63, 3.8) is 0 Å². The van der Waals surface area contributed by atoms with E-state index in [0.717, 1.165) is 43.7 Å². The molecule has 1 aliphatic heterocycles. The van der Waals surface area contributed by atoms with E-state index in [-0.39, 0.29) is 5.92 Å². The lowest BCUT2D eigenvalue weighted by Gasteiger charge is -2.27. The molecule has 100 valence electrons. The van der Waals surface area contributed by atoms with Crippen molar-refractivity contribution >= 4 is 0 Å². The highest BCUT2D eigenvalue weighted by molar-refractivity contribution is 5.25. The number of hydrogen-bond acceptors (Lipinski definition) is 4. The number of aliphatic hydroxyl groups excluding tert-OH is 1. The summed E-state index contributed by atoms with van der Waals surface area (Å²) in [6.45, 7) is 4.69. The highest BCUT2D eigenvalue weighted by Crippen LogP contribution is 2.28. The molecule has 0 bridgehead atoms. The molecule has 1 aliphatic rings. The monoisotopic (exact) mass is 250 g/mol. The Hall–Kier alpha value is -1.13. The molecule has 0 aliphatic carbocycles. The summed E-state index contributed by atoms with van der Waals surface area (Å²) in [4.78, 5) is 4.15. The maximum atomic E-state index is 10.4. The Kier molecular flexibility index (Phi) is 4.96. The molecule has 1 fully saturated rings. The summed E-state index contributed by atoms with van der Waals surface area (Å²) in [6, 6.07) is 1.90. The zero-order chi connectivity index (χ0) is 12.8. The molecule has 1 saturated heterocycles. The lowest BCUT2D eigenvalue weighted by atomic mass is 9.90. The van der Waals surface area contributed by atoms with Gasteiger partial charge < -0.3 is 15.2 Å². The van der Waals surface area contributed by atoms with E-state index in [4.69, 9.17) is 4.74 Å². The van der Waals surface area contributed by atoms with Crippen LogP contribution in [0, 0.1) is 5.92 Å². The number of aliphatic hydroxyl groups is 1. The predicted molar refractivity (Wildman–Crippen MR) is 70.6 cm³/mol. The number of ether oxygens (including phenoxy) is 1. The molecule has 0 saturated carbocycles. The summed E-state index contributed by atoms with van der Waals surface area (Å²) in [6.07, 6.45) is 6.15. The van der Waals surface area contributed by atoms with Crippen LogP contribution in [0.5, 0.6) is 5.75 Å². The molecule has 0 aromatic carbocycles. The average Bonchev–Trinajstić information content (AvgIpc) is 2.45. The number of nitrogens with one attached hydrogen (secondary N) is 1. The largest absolute Gasteiger partial charge is 0.492 e. The van der Waals surface area contributed by atoms with Crippen molar-refractivity contribution in [3.05, 3.63) is 24.0 Å². The van der Waals surface area contributed by atoms with Gasteiger partial charge in [-0.3, -0.25) is 4.98 Å². The summed E-state index contributed by atoms with van der Waals surface area (Å²) in [5, 5.41) is 13.7. The topological polar surface area (TPSA) is 54.4 Å². The third-order valence-electron chi connectivity index (χ3n) is 3.33. The minimum Gasteiger partial charge on any atom is -0.492 e. The van der Waals surface area contributed by atoms with Gasteiger partial charge in [0.1, 0.15) is 5.75 Å². The molecule has 4 heteroatoms. The first kappa shape index (κ1) is 13.3. The van der Waals surface area contributed by atoms with Gasteiger partial charge in [0.05, 0.1) is 18.9 Å². The molecule has 1 aromatic rings. The van der Waals surface area contributed by atoms with Crippen molar-refractivity contribution in [2.45, 2.75) is 32.3 Å². The minimum atomic E-state index is -0.449. The smallest absolute Gasteiger partial charge is 0.137 e. The second kappa shape index (κ2) is 6.71. The van der Waals surface area contributed by atoms with E-state index in [0.29, 0.717) is 6.61 Å². The van der Waals surface area contributed by atoms with Gasteiger partial charge in [-0.25, -0.2) is 0 Å². The Labute approximate surface area is 108 Å². The standard InChI is InChI=1S/C14H22N2O2/c1-2-6-18-13-7-12(9-16-10-13)14(17)11-4-3-5-15-8-11/h7,9-11,14-15,17H,2-6,8H2,1H3. The molecule has 0 radical (unpaired) electrons. The van der Waals surface area contributed by atoms with Crippen LogP contribution in [0.1, 0.15) is 37.9 Å². The van der Waals surface area contributed by atoms with Gasteiger partial charge in [-0.05, 0) is 31.9 Å². The van der Waals surface area contributed by atoms with Gasteiger partial charge in [0.25, 0.3) is 0 Å².